The summed E-state index contributed by atoms with van der Waals surface area (Å²) in [6, 6.07) is 30.2. The first-order valence-electron chi connectivity index (χ1n) is 10.3. The molecule has 1 nitrogen and oxygen atoms in total. The molecule has 0 heterocycles. The SMILES string of the molecule is CC1c2ccccc2-c2ccc(-c3ccc4c(c3)C(C)(O)c3ccccc3-4)cc21. The highest BCUT2D eigenvalue weighted by molar-refractivity contribution is 5.85. The second-order valence-corrected chi connectivity index (χ2v) is 8.49. The zero-order chi connectivity index (χ0) is 19.8. The van der Waals surface area contributed by atoms with Gasteiger partial charge < -0.3 is 5.11 Å². The fourth-order valence-corrected chi connectivity index (χ4v) is 5.28. The van der Waals surface area contributed by atoms with Crippen molar-refractivity contribution in [3.63, 3.8) is 0 Å². The highest BCUT2D eigenvalue weighted by Crippen LogP contribution is 2.49. The van der Waals surface area contributed by atoms with Crippen molar-refractivity contribution >= 4 is 0 Å². The normalized spacial score (nSPS) is 20.7. The van der Waals surface area contributed by atoms with Gasteiger partial charge in [0.2, 0.25) is 0 Å². The number of aliphatic hydroxyl groups is 1. The van der Waals surface area contributed by atoms with Crippen LogP contribution in [0.4, 0.5) is 0 Å². The summed E-state index contributed by atoms with van der Waals surface area (Å²) in [4.78, 5) is 0. The fourth-order valence-electron chi connectivity index (χ4n) is 5.28. The van der Waals surface area contributed by atoms with Gasteiger partial charge in [-0.3, -0.25) is 0 Å². The van der Waals surface area contributed by atoms with Gasteiger partial charge in [-0.1, -0.05) is 79.7 Å². The topological polar surface area (TPSA) is 20.2 Å². The van der Waals surface area contributed by atoms with Crippen molar-refractivity contribution in [2.24, 2.45) is 0 Å². The van der Waals surface area contributed by atoms with Crippen LogP contribution in [0.15, 0.2) is 84.9 Å². The Kier molecular flexibility index (Phi) is 3.29. The van der Waals surface area contributed by atoms with E-state index < -0.39 is 5.60 Å². The fraction of sp³-hybridized carbons (Fsp3) is 0.143. The first-order valence-corrected chi connectivity index (χ1v) is 10.3. The number of rotatable bonds is 1. The highest BCUT2D eigenvalue weighted by atomic mass is 16.3. The lowest BCUT2D eigenvalue weighted by atomic mass is 9.90. The van der Waals surface area contributed by atoms with Crippen LogP contribution in [0.25, 0.3) is 33.4 Å². The van der Waals surface area contributed by atoms with Crippen molar-refractivity contribution in [1.82, 2.24) is 0 Å². The van der Waals surface area contributed by atoms with E-state index in [0.29, 0.717) is 5.92 Å². The minimum absolute atomic E-state index is 0.405. The number of hydrogen-bond acceptors (Lipinski definition) is 1. The van der Waals surface area contributed by atoms with Crippen LogP contribution >= 0.6 is 0 Å². The van der Waals surface area contributed by atoms with Crippen molar-refractivity contribution < 1.29 is 5.11 Å². The standard InChI is InChI=1S/C28H22O/c1-17-20-7-3-4-8-21(20)22-13-11-18(15-25(17)22)19-12-14-24-23-9-5-6-10-26(23)28(2,29)27(24)16-19/h3-17,29H,1-2H3. The van der Waals surface area contributed by atoms with Crippen LogP contribution in [0.1, 0.15) is 42.0 Å². The van der Waals surface area contributed by atoms with Crippen LogP contribution in [0, 0.1) is 0 Å². The van der Waals surface area contributed by atoms with Gasteiger partial charge in [0, 0.05) is 5.92 Å². The van der Waals surface area contributed by atoms with E-state index >= 15 is 0 Å². The molecule has 0 aliphatic heterocycles. The Morgan fingerprint density at radius 1 is 0.621 bits per heavy atom. The zero-order valence-corrected chi connectivity index (χ0v) is 16.6. The minimum atomic E-state index is -0.956. The van der Waals surface area contributed by atoms with Gasteiger partial charge in [0.05, 0.1) is 0 Å². The molecule has 2 aliphatic rings. The van der Waals surface area contributed by atoms with Crippen LogP contribution < -0.4 is 0 Å². The van der Waals surface area contributed by atoms with E-state index in [0.717, 1.165) is 27.8 Å². The summed E-state index contributed by atoms with van der Waals surface area (Å²) >= 11 is 0. The maximum absolute atomic E-state index is 11.3. The van der Waals surface area contributed by atoms with E-state index in [4.69, 9.17) is 0 Å². The van der Waals surface area contributed by atoms with Crippen LogP contribution in [0.3, 0.4) is 0 Å². The molecule has 0 amide bonds. The van der Waals surface area contributed by atoms with Crippen LogP contribution in [-0.2, 0) is 5.60 Å². The molecule has 0 radical (unpaired) electrons. The molecule has 0 aromatic heterocycles. The lowest BCUT2D eigenvalue weighted by Crippen LogP contribution is -2.19. The average Bonchev–Trinajstić information content (AvgIpc) is 3.17. The van der Waals surface area contributed by atoms with Crippen molar-refractivity contribution in [3.05, 3.63) is 107 Å². The zero-order valence-electron chi connectivity index (χ0n) is 16.6. The molecular formula is C28H22O. The third-order valence-corrected chi connectivity index (χ3v) is 6.85. The highest BCUT2D eigenvalue weighted by Gasteiger charge is 2.37. The molecular weight excluding hydrogens is 352 g/mol. The molecule has 0 saturated heterocycles. The van der Waals surface area contributed by atoms with Crippen LogP contribution in [0.5, 0.6) is 0 Å². The van der Waals surface area contributed by atoms with E-state index in [-0.39, 0.29) is 0 Å². The largest absolute Gasteiger partial charge is 0.381 e. The van der Waals surface area contributed by atoms with Crippen molar-refractivity contribution in [1.29, 1.82) is 0 Å². The van der Waals surface area contributed by atoms with Gasteiger partial charge in [0.25, 0.3) is 0 Å². The predicted molar refractivity (Wildman–Crippen MR) is 119 cm³/mol. The predicted octanol–water partition coefficient (Wildman–Crippen LogP) is 6.72. The Bertz CT molecular complexity index is 1300. The van der Waals surface area contributed by atoms with Gasteiger partial charge in [-0.15, -0.1) is 0 Å². The first kappa shape index (κ1) is 16.8. The number of hydrogen-bond donors (Lipinski definition) is 1. The Morgan fingerprint density at radius 2 is 1.21 bits per heavy atom. The molecule has 1 heteroatoms. The van der Waals surface area contributed by atoms with Crippen LogP contribution in [0.2, 0.25) is 0 Å². The van der Waals surface area contributed by atoms with E-state index in [1.807, 2.05) is 25.1 Å². The first-order chi connectivity index (χ1) is 14.1. The van der Waals surface area contributed by atoms with E-state index in [9.17, 15) is 5.11 Å². The summed E-state index contributed by atoms with van der Waals surface area (Å²) in [5.74, 6) is 0.405. The smallest absolute Gasteiger partial charge is 0.113 e. The molecule has 2 aliphatic carbocycles. The molecule has 0 saturated carbocycles. The maximum atomic E-state index is 11.3. The Labute approximate surface area is 171 Å². The van der Waals surface area contributed by atoms with Crippen molar-refractivity contribution in [2.75, 3.05) is 0 Å². The molecule has 0 spiro atoms. The number of fused-ring (bicyclic) bond motifs is 6. The van der Waals surface area contributed by atoms with Gasteiger partial charge in [0.15, 0.2) is 0 Å². The lowest BCUT2D eigenvalue weighted by molar-refractivity contribution is 0.107. The summed E-state index contributed by atoms with van der Waals surface area (Å²) in [5, 5.41) is 11.3. The summed E-state index contributed by atoms with van der Waals surface area (Å²) in [5.41, 5.74) is 11.2. The van der Waals surface area contributed by atoms with E-state index in [1.165, 1.54) is 27.8 Å². The van der Waals surface area contributed by atoms with Gasteiger partial charge >= 0.3 is 0 Å². The lowest BCUT2D eigenvalue weighted by Gasteiger charge is -2.20. The Morgan fingerprint density at radius 3 is 2.03 bits per heavy atom. The molecule has 0 fully saturated rings. The summed E-state index contributed by atoms with van der Waals surface area (Å²) in [6.07, 6.45) is 0. The minimum Gasteiger partial charge on any atom is -0.381 e. The van der Waals surface area contributed by atoms with E-state index in [2.05, 4.69) is 73.7 Å². The molecule has 4 aromatic carbocycles. The molecule has 29 heavy (non-hydrogen) atoms. The molecule has 2 unspecified atom stereocenters. The molecule has 140 valence electrons. The molecule has 1 N–H and O–H groups in total. The van der Waals surface area contributed by atoms with Gasteiger partial charge in [-0.25, -0.2) is 0 Å². The second kappa shape index (κ2) is 5.68. The third-order valence-electron chi connectivity index (χ3n) is 6.85. The molecule has 2 atom stereocenters. The molecule has 4 aromatic rings. The summed E-state index contributed by atoms with van der Waals surface area (Å²) in [7, 11) is 0. The maximum Gasteiger partial charge on any atom is 0.113 e. The Balaban J connectivity index is 1.49. The van der Waals surface area contributed by atoms with Crippen molar-refractivity contribution in [3.8, 4) is 33.4 Å². The average molecular weight is 374 g/mol. The molecule has 0 bridgehead atoms. The van der Waals surface area contributed by atoms with Gasteiger partial charge in [0.1, 0.15) is 5.60 Å². The van der Waals surface area contributed by atoms with Crippen LogP contribution in [-0.4, -0.2) is 5.11 Å². The van der Waals surface area contributed by atoms with Gasteiger partial charge in [-0.05, 0) is 74.7 Å². The number of benzene rings is 4. The monoisotopic (exact) mass is 374 g/mol. The second-order valence-electron chi connectivity index (χ2n) is 8.49. The summed E-state index contributed by atoms with van der Waals surface area (Å²) in [6.45, 7) is 4.20. The van der Waals surface area contributed by atoms with E-state index in [1.54, 1.807) is 0 Å². The van der Waals surface area contributed by atoms with Gasteiger partial charge in [-0.2, -0.15) is 0 Å². The molecule has 6 rings (SSSR count). The van der Waals surface area contributed by atoms with Crippen molar-refractivity contribution in [2.45, 2.75) is 25.4 Å². The third kappa shape index (κ3) is 2.19. The summed E-state index contributed by atoms with van der Waals surface area (Å²) < 4.78 is 0. The Hall–Kier alpha value is -3.16. The quantitative estimate of drug-likeness (QED) is 0.392.